The zero-order chi connectivity index (χ0) is 11.5. The van der Waals surface area contributed by atoms with Crippen LogP contribution in [0.1, 0.15) is 6.92 Å². The van der Waals surface area contributed by atoms with E-state index >= 15 is 0 Å². The Morgan fingerprint density at radius 3 is 3.19 bits per heavy atom. The first-order valence-electron chi connectivity index (χ1n) is 5.26. The fourth-order valence-electron chi connectivity index (χ4n) is 1.86. The molecule has 1 atom stereocenters. The quantitative estimate of drug-likeness (QED) is 0.591. The van der Waals surface area contributed by atoms with Crippen LogP contribution >= 0.6 is 0 Å². The summed E-state index contributed by atoms with van der Waals surface area (Å²) in [6.07, 6.45) is 1.49. The standard InChI is InChI=1S/C10H14N4O2/c1-8-7-11-4-5-13(8)10-6-9(14(15)16)2-3-12-10/h2-3,6,8,11H,4-5,7H2,1H3. The molecule has 0 radical (unpaired) electrons. The molecule has 1 N–H and O–H groups in total. The summed E-state index contributed by atoms with van der Waals surface area (Å²) < 4.78 is 0. The third kappa shape index (κ3) is 2.11. The molecule has 2 heterocycles. The van der Waals surface area contributed by atoms with E-state index < -0.39 is 4.92 Å². The molecule has 0 saturated carbocycles. The van der Waals surface area contributed by atoms with Crippen LogP contribution in [0.25, 0.3) is 0 Å². The van der Waals surface area contributed by atoms with E-state index in [1.165, 1.54) is 18.3 Å². The molecule has 1 unspecified atom stereocenters. The molecule has 1 fully saturated rings. The molecule has 0 aliphatic carbocycles. The fourth-order valence-corrected chi connectivity index (χ4v) is 1.86. The number of pyridine rings is 1. The first kappa shape index (κ1) is 10.8. The van der Waals surface area contributed by atoms with Crippen LogP contribution in [0.3, 0.4) is 0 Å². The lowest BCUT2D eigenvalue weighted by Gasteiger charge is -2.34. The Kier molecular flexibility index (Phi) is 3.00. The van der Waals surface area contributed by atoms with E-state index in [0.29, 0.717) is 11.9 Å². The van der Waals surface area contributed by atoms with E-state index in [1.54, 1.807) is 0 Å². The SMILES string of the molecule is CC1CNCCN1c1cc([N+](=O)[O-])ccn1. The largest absolute Gasteiger partial charge is 0.351 e. The molecule has 16 heavy (non-hydrogen) atoms. The van der Waals surface area contributed by atoms with Crippen molar-refractivity contribution in [1.29, 1.82) is 0 Å². The second-order valence-corrected chi connectivity index (χ2v) is 3.88. The summed E-state index contributed by atoms with van der Waals surface area (Å²) in [7, 11) is 0. The van der Waals surface area contributed by atoms with Crippen molar-refractivity contribution in [3.05, 3.63) is 28.4 Å². The molecule has 1 saturated heterocycles. The molecule has 1 aliphatic rings. The number of nitro groups is 1. The molecule has 0 amide bonds. The Morgan fingerprint density at radius 2 is 2.50 bits per heavy atom. The van der Waals surface area contributed by atoms with Crippen LogP contribution in [0, 0.1) is 10.1 Å². The minimum Gasteiger partial charge on any atom is -0.351 e. The number of hydrogen-bond donors (Lipinski definition) is 1. The van der Waals surface area contributed by atoms with Gasteiger partial charge in [-0.05, 0) is 6.92 Å². The monoisotopic (exact) mass is 222 g/mol. The molecule has 0 aromatic carbocycles. The summed E-state index contributed by atoms with van der Waals surface area (Å²) in [5.74, 6) is 0.684. The zero-order valence-electron chi connectivity index (χ0n) is 9.09. The third-order valence-corrected chi connectivity index (χ3v) is 2.74. The van der Waals surface area contributed by atoms with Gasteiger partial charge in [-0.15, -0.1) is 0 Å². The second kappa shape index (κ2) is 4.44. The lowest BCUT2D eigenvalue weighted by Crippen LogP contribution is -2.50. The van der Waals surface area contributed by atoms with Crippen LogP contribution in [0.15, 0.2) is 18.3 Å². The van der Waals surface area contributed by atoms with E-state index in [4.69, 9.17) is 0 Å². The van der Waals surface area contributed by atoms with Gasteiger partial charge in [0.15, 0.2) is 0 Å². The van der Waals surface area contributed by atoms with Gasteiger partial charge >= 0.3 is 0 Å². The summed E-state index contributed by atoms with van der Waals surface area (Å²) >= 11 is 0. The maximum absolute atomic E-state index is 10.7. The molecule has 86 valence electrons. The van der Waals surface area contributed by atoms with E-state index in [2.05, 4.69) is 22.1 Å². The van der Waals surface area contributed by atoms with E-state index in [-0.39, 0.29) is 5.69 Å². The van der Waals surface area contributed by atoms with E-state index in [0.717, 1.165) is 19.6 Å². The highest BCUT2D eigenvalue weighted by Gasteiger charge is 2.20. The fraction of sp³-hybridized carbons (Fsp3) is 0.500. The number of nitrogens with zero attached hydrogens (tertiary/aromatic N) is 3. The summed E-state index contributed by atoms with van der Waals surface area (Å²) in [6.45, 7) is 4.67. The lowest BCUT2D eigenvalue weighted by atomic mass is 10.2. The van der Waals surface area contributed by atoms with Gasteiger partial charge in [0.25, 0.3) is 5.69 Å². The van der Waals surface area contributed by atoms with Crippen LogP contribution in [-0.4, -0.2) is 35.6 Å². The molecule has 0 bridgehead atoms. The van der Waals surface area contributed by atoms with Gasteiger partial charge in [-0.3, -0.25) is 10.1 Å². The van der Waals surface area contributed by atoms with E-state index in [1.807, 2.05) is 0 Å². The molecular weight excluding hydrogens is 208 g/mol. The number of hydrogen-bond acceptors (Lipinski definition) is 5. The highest BCUT2D eigenvalue weighted by molar-refractivity contribution is 5.47. The van der Waals surface area contributed by atoms with Crippen molar-refractivity contribution in [1.82, 2.24) is 10.3 Å². The minimum atomic E-state index is -0.391. The van der Waals surface area contributed by atoms with Gasteiger partial charge in [0.05, 0.1) is 11.0 Å². The highest BCUT2D eigenvalue weighted by Crippen LogP contribution is 2.20. The summed E-state index contributed by atoms with van der Waals surface area (Å²) in [5.41, 5.74) is 0.0933. The molecule has 0 spiro atoms. The van der Waals surface area contributed by atoms with Crippen molar-refractivity contribution < 1.29 is 4.92 Å². The van der Waals surface area contributed by atoms with Gasteiger partial charge in [-0.25, -0.2) is 4.98 Å². The van der Waals surface area contributed by atoms with Gasteiger partial charge in [0.2, 0.25) is 0 Å². The molecule has 6 heteroatoms. The maximum Gasteiger partial charge on any atom is 0.274 e. The third-order valence-electron chi connectivity index (χ3n) is 2.74. The Morgan fingerprint density at radius 1 is 1.69 bits per heavy atom. The summed E-state index contributed by atoms with van der Waals surface area (Å²) in [5, 5.41) is 13.9. The van der Waals surface area contributed by atoms with Gasteiger partial charge in [-0.2, -0.15) is 0 Å². The zero-order valence-corrected chi connectivity index (χ0v) is 9.09. The van der Waals surface area contributed by atoms with Gasteiger partial charge in [0, 0.05) is 37.9 Å². The number of rotatable bonds is 2. The number of anilines is 1. The van der Waals surface area contributed by atoms with Gasteiger partial charge < -0.3 is 10.2 Å². The predicted octanol–water partition coefficient (Wildman–Crippen LogP) is 0.788. The van der Waals surface area contributed by atoms with Crippen LogP contribution in [0.5, 0.6) is 0 Å². The average molecular weight is 222 g/mol. The molecular formula is C10H14N4O2. The first-order valence-corrected chi connectivity index (χ1v) is 5.26. The normalized spacial score (nSPS) is 20.8. The Bertz CT molecular complexity index is 396. The molecule has 6 nitrogen and oxygen atoms in total. The molecule has 1 aromatic heterocycles. The van der Waals surface area contributed by atoms with Gasteiger partial charge in [0.1, 0.15) is 5.82 Å². The summed E-state index contributed by atoms with van der Waals surface area (Å²) in [4.78, 5) is 16.5. The second-order valence-electron chi connectivity index (χ2n) is 3.88. The van der Waals surface area contributed by atoms with Crippen molar-refractivity contribution in [2.45, 2.75) is 13.0 Å². The Hall–Kier alpha value is -1.69. The van der Waals surface area contributed by atoms with Gasteiger partial charge in [-0.1, -0.05) is 0 Å². The Balaban J connectivity index is 2.25. The average Bonchev–Trinajstić information content (AvgIpc) is 2.30. The van der Waals surface area contributed by atoms with E-state index in [9.17, 15) is 10.1 Å². The highest BCUT2D eigenvalue weighted by atomic mass is 16.6. The maximum atomic E-state index is 10.7. The minimum absolute atomic E-state index is 0.0933. The molecule has 1 aromatic rings. The van der Waals surface area contributed by atoms with Crippen molar-refractivity contribution in [2.24, 2.45) is 0 Å². The van der Waals surface area contributed by atoms with Crippen molar-refractivity contribution in [2.75, 3.05) is 24.5 Å². The molecule has 1 aliphatic heterocycles. The van der Waals surface area contributed by atoms with Crippen LogP contribution in [-0.2, 0) is 0 Å². The number of piperazine rings is 1. The summed E-state index contributed by atoms with van der Waals surface area (Å²) in [6, 6.07) is 3.25. The lowest BCUT2D eigenvalue weighted by molar-refractivity contribution is -0.384. The van der Waals surface area contributed by atoms with Crippen molar-refractivity contribution in [3.8, 4) is 0 Å². The Labute approximate surface area is 93.4 Å². The predicted molar refractivity (Wildman–Crippen MR) is 60.6 cm³/mol. The molecule has 2 rings (SSSR count). The van der Waals surface area contributed by atoms with Crippen molar-refractivity contribution >= 4 is 11.5 Å². The number of aromatic nitrogens is 1. The number of nitrogens with one attached hydrogen (secondary N) is 1. The van der Waals surface area contributed by atoms with Crippen LogP contribution in [0.2, 0.25) is 0 Å². The first-order chi connectivity index (χ1) is 7.68. The van der Waals surface area contributed by atoms with Crippen molar-refractivity contribution in [3.63, 3.8) is 0 Å². The smallest absolute Gasteiger partial charge is 0.274 e. The van der Waals surface area contributed by atoms with Crippen LogP contribution < -0.4 is 10.2 Å². The van der Waals surface area contributed by atoms with Crippen LogP contribution in [0.4, 0.5) is 11.5 Å². The topological polar surface area (TPSA) is 71.3 Å².